The van der Waals surface area contributed by atoms with Crippen LogP contribution in [0.2, 0.25) is 0 Å². The number of nitrogens with zero attached hydrogens (tertiary/aromatic N) is 3. The topological polar surface area (TPSA) is 95.3 Å². The molecule has 0 unspecified atom stereocenters. The highest BCUT2D eigenvalue weighted by Gasteiger charge is 2.19. The van der Waals surface area contributed by atoms with Gasteiger partial charge in [0.25, 0.3) is 0 Å². The summed E-state index contributed by atoms with van der Waals surface area (Å²) in [6.07, 6.45) is 0. The van der Waals surface area contributed by atoms with Crippen LogP contribution in [0.15, 0.2) is 29.4 Å². The van der Waals surface area contributed by atoms with Gasteiger partial charge in [-0.15, -0.1) is 21.5 Å². The first-order valence-electron chi connectivity index (χ1n) is 10.1. The molecule has 0 saturated heterocycles. The summed E-state index contributed by atoms with van der Waals surface area (Å²) >= 11 is 2.60. The minimum atomic E-state index is -0.443. The number of esters is 1. The van der Waals surface area contributed by atoms with Gasteiger partial charge >= 0.3 is 5.97 Å². The average molecular weight is 475 g/mol. The lowest BCUT2D eigenvalue weighted by Gasteiger charge is -2.09. The quantitative estimate of drug-likeness (QED) is 0.365. The van der Waals surface area contributed by atoms with Crippen molar-refractivity contribution in [1.29, 1.82) is 0 Å². The maximum atomic E-state index is 12.5. The van der Waals surface area contributed by atoms with E-state index in [4.69, 9.17) is 9.47 Å². The number of benzene rings is 1. The maximum Gasteiger partial charge on any atom is 0.341 e. The lowest BCUT2D eigenvalue weighted by atomic mass is 10.1. The Morgan fingerprint density at radius 3 is 2.69 bits per heavy atom. The number of thioether (sulfide) groups is 1. The molecule has 0 atom stereocenters. The van der Waals surface area contributed by atoms with E-state index in [0.29, 0.717) is 21.5 Å². The summed E-state index contributed by atoms with van der Waals surface area (Å²) in [5, 5.41) is 12.2. The fourth-order valence-corrected chi connectivity index (χ4v) is 4.61. The Labute approximate surface area is 195 Å². The molecule has 0 aliphatic rings. The molecule has 0 aliphatic heterocycles. The highest BCUT2D eigenvalue weighted by atomic mass is 32.2. The van der Waals surface area contributed by atoms with Crippen molar-refractivity contribution in [3.63, 3.8) is 0 Å². The molecule has 0 radical (unpaired) electrons. The Morgan fingerprint density at radius 1 is 1.19 bits per heavy atom. The summed E-state index contributed by atoms with van der Waals surface area (Å²) < 4.78 is 12.7. The first-order valence-corrected chi connectivity index (χ1v) is 11.9. The molecule has 1 amide bonds. The normalized spacial score (nSPS) is 10.8. The molecule has 1 aromatic carbocycles. The average Bonchev–Trinajstić information content (AvgIpc) is 3.28. The summed E-state index contributed by atoms with van der Waals surface area (Å²) in [7, 11) is 1.84. The Morgan fingerprint density at radius 2 is 1.97 bits per heavy atom. The van der Waals surface area contributed by atoms with Crippen molar-refractivity contribution < 1.29 is 19.1 Å². The molecule has 32 heavy (non-hydrogen) atoms. The van der Waals surface area contributed by atoms with Gasteiger partial charge in [-0.05, 0) is 45.4 Å². The summed E-state index contributed by atoms with van der Waals surface area (Å²) in [6, 6.07) is 7.73. The molecule has 0 spiro atoms. The third-order valence-electron chi connectivity index (χ3n) is 4.55. The Kier molecular flexibility index (Phi) is 7.92. The second-order valence-electron chi connectivity index (χ2n) is 7.17. The molecule has 1 N–H and O–H groups in total. The number of carbonyl (C=O) groups is 2. The molecule has 3 rings (SSSR count). The van der Waals surface area contributed by atoms with Crippen LogP contribution < -0.4 is 10.1 Å². The number of nitrogens with one attached hydrogen (secondary N) is 1. The van der Waals surface area contributed by atoms with Gasteiger partial charge in [-0.25, -0.2) is 4.79 Å². The van der Waals surface area contributed by atoms with Crippen LogP contribution in [-0.2, 0) is 23.2 Å². The minimum Gasteiger partial charge on any atom is -0.485 e. The number of thiophene rings is 1. The van der Waals surface area contributed by atoms with Crippen molar-refractivity contribution in [2.75, 3.05) is 17.7 Å². The largest absolute Gasteiger partial charge is 0.485 e. The van der Waals surface area contributed by atoms with Crippen LogP contribution in [0, 0.1) is 20.8 Å². The number of amides is 1. The van der Waals surface area contributed by atoms with Gasteiger partial charge in [0, 0.05) is 11.9 Å². The molecular weight excluding hydrogens is 448 g/mol. The first-order chi connectivity index (χ1) is 15.3. The summed E-state index contributed by atoms with van der Waals surface area (Å²) in [4.78, 5) is 25.5. The Balaban J connectivity index is 1.57. The number of aromatic nitrogens is 3. The minimum absolute atomic E-state index is 0.128. The van der Waals surface area contributed by atoms with E-state index >= 15 is 0 Å². The molecule has 170 valence electrons. The molecule has 0 aliphatic carbocycles. The van der Waals surface area contributed by atoms with Crippen LogP contribution in [-0.4, -0.2) is 39.0 Å². The van der Waals surface area contributed by atoms with E-state index in [-0.39, 0.29) is 24.9 Å². The molecule has 2 heterocycles. The maximum absolute atomic E-state index is 12.5. The summed E-state index contributed by atoms with van der Waals surface area (Å²) in [5.74, 6) is 0.908. The smallest absolute Gasteiger partial charge is 0.341 e. The van der Waals surface area contributed by atoms with Gasteiger partial charge in [-0.2, -0.15) is 0 Å². The van der Waals surface area contributed by atoms with E-state index in [1.54, 1.807) is 17.6 Å². The zero-order chi connectivity index (χ0) is 23.3. The zero-order valence-corrected chi connectivity index (χ0v) is 20.4. The van der Waals surface area contributed by atoms with E-state index < -0.39 is 5.97 Å². The third-order valence-corrected chi connectivity index (χ3v) is 6.53. The summed E-state index contributed by atoms with van der Waals surface area (Å²) in [5.41, 5.74) is 2.61. The van der Waals surface area contributed by atoms with Crippen molar-refractivity contribution in [3.8, 4) is 5.75 Å². The number of hydrogen-bond donors (Lipinski definition) is 1. The highest BCUT2D eigenvalue weighted by Crippen LogP contribution is 2.29. The van der Waals surface area contributed by atoms with Gasteiger partial charge in [0.05, 0.1) is 17.9 Å². The second kappa shape index (κ2) is 10.6. The lowest BCUT2D eigenvalue weighted by Crippen LogP contribution is -2.16. The van der Waals surface area contributed by atoms with Crippen LogP contribution in [0.5, 0.6) is 5.75 Å². The highest BCUT2D eigenvalue weighted by molar-refractivity contribution is 7.99. The number of anilines is 1. The number of hydrogen-bond acceptors (Lipinski definition) is 8. The van der Waals surface area contributed by atoms with Crippen molar-refractivity contribution in [3.05, 3.63) is 51.7 Å². The van der Waals surface area contributed by atoms with Crippen LogP contribution in [0.3, 0.4) is 0 Å². The van der Waals surface area contributed by atoms with Gasteiger partial charge in [0.2, 0.25) is 5.91 Å². The number of carbonyl (C=O) groups excluding carboxylic acids is 2. The van der Waals surface area contributed by atoms with Crippen molar-refractivity contribution in [1.82, 2.24) is 14.8 Å². The first kappa shape index (κ1) is 23.8. The van der Waals surface area contributed by atoms with Gasteiger partial charge in [-0.1, -0.05) is 29.5 Å². The third kappa shape index (κ3) is 5.89. The molecule has 0 bridgehead atoms. The fraction of sp³-hybridized carbons (Fsp3) is 0.364. The van der Waals surface area contributed by atoms with Crippen molar-refractivity contribution in [2.45, 2.75) is 39.5 Å². The Hall–Kier alpha value is -2.85. The van der Waals surface area contributed by atoms with Crippen LogP contribution in [0.1, 0.15) is 39.1 Å². The molecule has 10 heteroatoms. The second-order valence-corrected chi connectivity index (χ2v) is 9.37. The van der Waals surface area contributed by atoms with E-state index in [9.17, 15) is 9.59 Å². The predicted molar refractivity (Wildman–Crippen MR) is 126 cm³/mol. The van der Waals surface area contributed by atoms with E-state index in [2.05, 4.69) is 21.6 Å². The monoisotopic (exact) mass is 474 g/mol. The van der Waals surface area contributed by atoms with Gasteiger partial charge in [0.15, 0.2) is 11.0 Å². The van der Waals surface area contributed by atoms with Gasteiger partial charge in [0.1, 0.15) is 17.4 Å². The van der Waals surface area contributed by atoms with E-state index in [1.807, 2.05) is 40.0 Å². The molecule has 3 aromatic rings. The molecule has 0 saturated carbocycles. The number of aryl methyl sites for hydroxylation is 3. The summed E-state index contributed by atoms with van der Waals surface area (Å²) in [6.45, 7) is 8.21. The van der Waals surface area contributed by atoms with Crippen LogP contribution in [0.4, 0.5) is 5.00 Å². The molecule has 0 fully saturated rings. The molecular formula is C22H26N4O4S2. The number of ether oxygens (including phenoxy) is 2. The van der Waals surface area contributed by atoms with Crippen molar-refractivity contribution in [2.24, 2.45) is 7.05 Å². The standard InChI is InChI=1S/C22H26N4O4S2/c1-6-29-21(28)16-10-15(4)32-20(16)23-19(27)12-31-22-25-24-18(26(22)5)11-30-17-8-7-13(2)9-14(17)3/h7-10H,6,11-12H2,1-5H3,(H,23,27). The van der Waals surface area contributed by atoms with Crippen LogP contribution in [0.25, 0.3) is 0 Å². The van der Waals surface area contributed by atoms with E-state index in [1.165, 1.54) is 28.7 Å². The Bertz CT molecular complexity index is 1120. The molecule has 2 aromatic heterocycles. The van der Waals surface area contributed by atoms with Gasteiger partial charge < -0.3 is 19.4 Å². The SMILES string of the molecule is CCOC(=O)c1cc(C)sc1NC(=O)CSc1nnc(COc2ccc(C)cc2C)n1C. The number of rotatable bonds is 9. The fourth-order valence-electron chi connectivity index (χ4n) is 2.96. The van der Waals surface area contributed by atoms with Gasteiger partial charge in [-0.3, -0.25) is 4.79 Å². The van der Waals surface area contributed by atoms with Crippen LogP contribution >= 0.6 is 23.1 Å². The van der Waals surface area contributed by atoms with Crippen molar-refractivity contribution >= 4 is 40.0 Å². The van der Waals surface area contributed by atoms with E-state index in [0.717, 1.165) is 16.2 Å². The predicted octanol–water partition coefficient (Wildman–Crippen LogP) is 4.29. The molecule has 8 nitrogen and oxygen atoms in total. The zero-order valence-electron chi connectivity index (χ0n) is 18.7. The lowest BCUT2D eigenvalue weighted by molar-refractivity contribution is -0.113.